The number of carbonyl (C=O) groups is 1. The Labute approximate surface area is 148 Å². The van der Waals surface area contributed by atoms with Gasteiger partial charge in [0.15, 0.2) is 0 Å². The summed E-state index contributed by atoms with van der Waals surface area (Å²) >= 11 is 0. The second-order valence-corrected chi connectivity index (χ2v) is 7.07. The highest BCUT2D eigenvalue weighted by atomic mass is 19.1. The Bertz CT molecular complexity index is 753. The maximum Gasteiger partial charge on any atom is 0.241 e. The number of amides is 1. The first-order chi connectivity index (χ1) is 11.9. The fourth-order valence-electron chi connectivity index (χ4n) is 2.97. The second kappa shape index (κ2) is 7.36. The van der Waals surface area contributed by atoms with Crippen LogP contribution in [0.5, 0.6) is 0 Å². The van der Waals surface area contributed by atoms with E-state index in [0.29, 0.717) is 17.2 Å². The molecule has 1 fully saturated rings. The van der Waals surface area contributed by atoms with Crippen LogP contribution in [0, 0.1) is 25.6 Å². The molecule has 0 radical (unpaired) electrons. The van der Waals surface area contributed by atoms with Gasteiger partial charge in [0.2, 0.25) is 5.91 Å². The predicted molar refractivity (Wildman–Crippen MR) is 99.0 cm³/mol. The Morgan fingerprint density at radius 3 is 2.40 bits per heavy atom. The van der Waals surface area contributed by atoms with Gasteiger partial charge in [-0.2, -0.15) is 0 Å². The lowest BCUT2D eigenvalue weighted by Gasteiger charge is -2.23. The van der Waals surface area contributed by atoms with Crippen molar-refractivity contribution in [3.8, 4) is 0 Å². The second-order valence-electron chi connectivity index (χ2n) is 7.07. The van der Waals surface area contributed by atoms with Gasteiger partial charge >= 0.3 is 0 Å². The molecule has 132 valence electrons. The average Bonchev–Trinajstić information content (AvgIpc) is 3.41. The average molecular weight is 340 g/mol. The quantitative estimate of drug-likeness (QED) is 0.812. The van der Waals surface area contributed by atoms with Crippen LogP contribution in [0.3, 0.4) is 0 Å². The van der Waals surface area contributed by atoms with E-state index in [9.17, 15) is 9.18 Å². The zero-order valence-corrected chi connectivity index (χ0v) is 15.0. The standard InChI is InChI=1S/C21H25FN2O/c1-13-4-7-16(8-5-13)20(17-9-10-17)23-15(3)21(25)24-18-11-6-14(2)19(22)12-18/h4-8,11-12,15,17,20,23H,9-10H2,1-3H3,(H,24,25)/t15-,20-/m0/s1. The molecule has 0 unspecified atom stereocenters. The van der Waals surface area contributed by atoms with E-state index in [1.165, 1.54) is 30.0 Å². The Morgan fingerprint density at radius 2 is 1.80 bits per heavy atom. The molecular weight excluding hydrogens is 315 g/mol. The minimum atomic E-state index is -0.365. The fourth-order valence-corrected chi connectivity index (χ4v) is 2.97. The third-order valence-corrected chi connectivity index (χ3v) is 4.79. The highest BCUT2D eigenvalue weighted by Crippen LogP contribution is 2.41. The van der Waals surface area contributed by atoms with Gasteiger partial charge in [-0.1, -0.05) is 35.9 Å². The Balaban J connectivity index is 1.66. The van der Waals surface area contributed by atoms with Crippen LogP contribution >= 0.6 is 0 Å². The number of hydrogen-bond acceptors (Lipinski definition) is 2. The molecule has 0 aromatic heterocycles. The monoisotopic (exact) mass is 340 g/mol. The Morgan fingerprint density at radius 1 is 1.12 bits per heavy atom. The van der Waals surface area contributed by atoms with Gasteiger partial charge in [0.25, 0.3) is 0 Å². The largest absolute Gasteiger partial charge is 0.325 e. The summed E-state index contributed by atoms with van der Waals surface area (Å²) < 4.78 is 13.6. The number of aryl methyl sites for hydroxylation is 2. The van der Waals surface area contributed by atoms with Gasteiger partial charge in [-0.15, -0.1) is 0 Å². The lowest BCUT2D eigenvalue weighted by Crippen LogP contribution is -2.41. The normalized spacial score (nSPS) is 16.3. The maximum absolute atomic E-state index is 13.6. The first-order valence-electron chi connectivity index (χ1n) is 8.83. The molecule has 0 heterocycles. The SMILES string of the molecule is Cc1ccc([C@H](N[C@@H](C)C(=O)Nc2ccc(C)c(F)c2)C2CC2)cc1. The van der Waals surface area contributed by atoms with E-state index in [0.717, 1.165) is 0 Å². The van der Waals surface area contributed by atoms with Crippen molar-refractivity contribution in [2.75, 3.05) is 5.32 Å². The molecule has 1 amide bonds. The minimum Gasteiger partial charge on any atom is -0.325 e. The van der Waals surface area contributed by atoms with Crippen molar-refractivity contribution in [1.29, 1.82) is 0 Å². The van der Waals surface area contributed by atoms with Crippen LogP contribution < -0.4 is 10.6 Å². The van der Waals surface area contributed by atoms with Crippen LogP contribution in [-0.2, 0) is 4.79 Å². The zero-order chi connectivity index (χ0) is 18.0. The van der Waals surface area contributed by atoms with E-state index >= 15 is 0 Å². The molecule has 1 aliphatic rings. The van der Waals surface area contributed by atoms with Crippen molar-refractivity contribution >= 4 is 11.6 Å². The number of carbonyl (C=O) groups excluding carboxylic acids is 1. The van der Waals surface area contributed by atoms with E-state index in [1.54, 1.807) is 19.1 Å². The molecule has 2 aromatic carbocycles. The molecule has 3 rings (SSSR count). The number of nitrogens with one attached hydrogen (secondary N) is 2. The number of benzene rings is 2. The van der Waals surface area contributed by atoms with Crippen LogP contribution in [0.2, 0.25) is 0 Å². The first kappa shape index (κ1) is 17.6. The van der Waals surface area contributed by atoms with E-state index in [4.69, 9.17) is 0 Å². The third-order valence-electron chi connectivity index (χ3n) is 4.79. The van der Waals surface area contributed by atoms with Gasteiger partial charge < -0.3 is 5.32 Å². The Kier molecular flexibility index (Phi) is 5.19. The number of anilines is 1. The highest BCUT2D eigenvalue weighted by molar-refractivity contribution is 5.94. The van der Waals surface area contributed by atoms with E-state index in [1.807, 2.05) is 6.92 Å². The fraction of sp³-hybridized carbons (Fsp3) is 0.381. The van der Waals surface area contributed by atoms with E-state index < -0.39 is 0 Å². The molecule has 2 atom stereocenters. The van der Waals surface area contributed by atoms with Crippen LogP contribution in [0.15, 0.2) is 42.5 Å². The van der Waals surface area contributed by atoms with Crippen molar-refractivity contribution in [3.05, 3.63) is 65.0 Å². The molecule has 2 N–H and O–H groups in total. The molecule has 1 saturated carbocycles. The minimum absolute atomic E-state index is 0.152. The van der Waals surface area contributed by atoms with Gasteiger partial charge in [-0.3, -0.25) is 10.1 Å². The van der Waals surface area contributed by atoms with Crippen molar-refractivity contribution in [2.24, 2.45) is 5.92 Å². The smallest absolute Gasteiger partial charge is 0.241 e. The third kappa shape index (κ3) is 4.45. The molecule has 2 aromatic rings. The Hall–Kier alpha value is -2.20. The molecule has 1 aliphatic carbocycles. The van der Waals surface area contributed by atoms with Crippen molar-refractivity contribution in [3.63, 3.8) is 0 Å². The van der Waals surface area contributed by atoms with Gasteiger partial charge in [-0.05, 0) is 62.8 Å². The summed E-state index contributed by atoms with van der Waals surface area (Å²) in [6.45, 7) is 5.62. The molecule has 25 heavy (non-hydrogen) atoms. The van der Waals surface area contributed by atoms with Crippen LogP contribution in [-0.4, -0.2) is 11.9 Å². The molecule has 3 nitrogen and oxygen atoms in total. The van der Waals surface area contributed by atoms with Crippen LogP contribution in [0.25, 0.3) is 0 Å². The molecular formula is C21H25FN2O. The first-order valence-corrected chi connectivity index (χ1v) is 8.83. The molecule has 0 bridgehead atoms. The molecule has 4 heteroatoms. The maximum atomic E-state index is 13.6. The van der Waals surface area contributed by atoms with Crippen molar-refractivity contribution < 1.29 is 9.18 Å². The summed E-state index contributed by atoms with van der Waals surface area (Å²) in [6, 6.07) is 13.0. The summed E-state index contributed by atoms with van der Waals surface area (Å²) in [6.07, 6.45) is 2.37. The van der Waals surface area contributed by atoms with Crippen LogP contribution in [0.1, 0.15) is 42.5 Å². The summed E-state index contributed by atoms with van der Waals surface area (Å²) in [4.78, 5) is 12.5. The number of hydrogen-bond donors (Lipinski definition) is 2. The van der Waals surface area contributed by atoms with Crippen LogP contribution in [0.4, 0.5) is 10.1 Å². The van der Waals surface area contributed by atoms with Crippen molar-refractivity contribution in [1.82, 2.24) is 5.32 Å². The summed E-state index contributed by atoms with van der Waals surface area (Å²) in [5, 5.41) is 6.25. The van der Waals surface area contributed by atoms with E-state index in [-0.39, 0.29) is 23.8 Å². The number of halogens is 1. The molecule has 0 spiro atoms. The van der Waals surface area contributed by atoms with Gasteiger partial charge in [0.1, 0.15) is 5.82 Å². The van der Waals surface area contributed by atoms with Gasteiger partial charge in [0, 0.05) is 11.7 Å². The lowest BCUT2D eigenvalue weighted by atomic mass is 10.00. The highest BCUT2D eigenvalue weighted by Gasteiger charge is 2.34. The number of rotatable bonds is 6. The van der Waals surface area contributed by atoms with Gasteiger partial charge in [-0.25, -0.2) is 4.39 Å². The topological polar surface area (TPSA) is 41.1 Å². The summed E-state index contributed by atoms with van der Waals surface area (Å²) in [7, 11) is 0. The van der Waals surface area contributed by atoms with E-state index in [2.05, 4.69) is 41.8 Å². The lowest BCUT2D eigenvalue weighted by molar-refractivity contribution is -0.118. The zero-order valence-electron chi connectivity index (χ0n) is 15.0. The predicted octanol–water partition coefficient (Wildman–Crippen LogP) is 4.51. The molecule has 0 saturated heterocycles. The summed E-state index contributed by atoms with van der Waals surface area (Å²) in [5.74, 6) is 0.115. The van der Waals surface area contributed by atoms with Gasteiger partial charge in [0.05, 0.1) is 6.04 Å². The summed E-state index contributed by atoms with van der Waals surface area (Å²) in [5.41, 5.74) is 3.50. The van der Waals surface area contributed by atoms with Crippen molar-refractivity contribution in [2.45, 2.75) is 45.7 Å². The molecule has 0 aliphatic heterocycles.